The van der Waals surface area contributed by atoms with E-state index in [0.717, 1.165) is 41.6 Å². The van der Waals surface area contributed by atoms with Gasteiger partial charge in [0.15, 0.2) is 5.16 Å². The van der Waals surface area contributed by atoms with Crippen LogP contribution < -0.4 is 4.74 Å². The third kappa shape index (κ3) is 4.51. The van der Waals surface area contributed by atoms with Gasteiger partial charge in [0.05, 0.1) is 19.0 Å². The molecule has 0 aliphatic carbocycles. The van der Waals surface area contributed by atoms with Gasteiger partial charge in [-0.05, 0) is 37.0 Å². The van der Waals surface area contributed by atoms with E-state index in [1.165, 1.54) is 11.8 Å². The van der Waals surface area contributed by atoms with Gasteiger partial charge in [0.1, 0.15) is 12.0 Å². The van der Waals surface area contributed by atoms with Crippen LogP contribution in [0, 0.1) is 0 Å². The van der Waals surface area contributed by atoms with Crippen LogP contribution in [-0.4, -0.2) is 32.6 Å². The number of para-hydroxylation sites is 2. The molecule has 2 aromatic heterocycles. The molecule has 0 spiro atoms. The average molecular weight is 407 g/mol. The lowest BCUT2D eigenvalue weighted by atomic mass is 10.1. The fourth-order valence-electron chi connectivity index (χ4n) is 3.11. The van der Waals surface area contributed by atoms with Gasteiger partial charge < -0.3 is 9.15 Å². The number of methoxy groups -OCH3 is 1. The van der Waals surface area contributed by atoms with Gasteiger partial charge in [-0.3, -0.25) is 4.57 Å². The maximum atomic E-state index is 5.55. The Labute approximate surface area is 174 Å². The number of oxazole rings is 1. The van der Waals surface area contributed by atoms with Crippen LogP contribution in [0.3, 0.4) is 0 Å². The molecule has 7 heteroatoms. The third-order valence-corrected chi connectivity index (χ3v) is 5.53. The van der Waals surface area contributed by atoms with E-state index in [1.54, 1.807) is 25.1 Å². The van der Waals surface area contributed by atoms with Crippen LogP contribution >= 0.6 is 11.8 Å². The molecule has 148 valence electrons. The molecule has 0 saturated heterocycles. The third-order valence-electron chi connectivity index (χ3n) is 4.52. The van der Waals surface area contributed by atoms with Gasteiger partial charge in [0, 0.05) is 5.75 Å². The van der Waals surface area contributed by atoms with Crippen LogP contribution in [0.15, 0.2) is 76.6 Å². The number of aromatic nitrogens is 4. The summed E-state index contributed by atoms with van der Waals surface area (Å²) in [5, 5.41) is 9.53. The van der Waals surface area contributed by atoms with Crippen molar-refractivity contribution in [1.29, 1.82) is 0 Å². The van der Waals surface area contributed by atoms with Crippen LogP contribution in [-0.2, 0) is 6.42 Å². The highest BCUT2D eigenvalue weighted by atomic mass is 32.2. The maximum Gasteiger partial charge on any atom is 0.265 e. The molecule has 29 heavy (non-hydrogen) atoms. The first-order valence-corrected chi connectivity index (χ1v) is 10.5. The largest absolute Gasteiger partial charge is 0.495 e. The highest BCUT2D eigenvalue weighted by Gasteiger charge is 2.21. The molecule has 0 N–H and O–H groups in total. The Morgan fingerprint density at radius 1 is 1.00 bits per heavy atom. The van der Waals surface area contributed by atoms with Gasteiger partial charge in [0.25, 0.3) is 5.89 Å². The van der Waals surface area contributed by atoms with E-state index in [0.29, 0.717) is 11.7 Å². The second-order valence-electron chi connectivity index (χ2n) is 6.44. The molecule has 0 fully saturated rings. The minimum absolute atomic E-state index is 0.430. The van der Waals surface area contributed by atoms with Gasteiger partial charge in [-0.25, -0.2) is 4.98 Å². The van der Waals surface area contributed by atoms with E-state index in [9.17, 15) is 0 Å². The van der Waals surface area contributed by atoms with Crippen molar-refractivity contribution in [2.24, 2.45) is 0 Å². The number of nitrogens with zero attached hydrogens (tertiary/aromatic N) is 4. The van der Waals surface area contributed by atoms with Gasteiger partial charge in [0.2, 0.25) is 5.82 Å². The Morgan fingerprint density at radius 3 is 2.62 bits per heavy atom. The van der Waals surface area contributed by atoms with Crippen molar-refractivity contribution >= 4 is 11.8 Å². The summed E-state index contributed by atoms with van der Waals surface area (Å²) in [7, 11) is 1.66. The van der Waals surface area contributed by atoms with Gasteiger partial charge in [-0.2, -0.15) is 0 Å². The van der Waals surface area contributed by atoms with E-state index in [-0.39, 0.29) is 0 Å². The van der Waals surface area contributed by atoms with E-state index in [2.05, 4.69) is 45.5 Å². The van der Waals surface area contributed by atoms with Crippen molar-refractivity contribution in [3.05, 3.63) is 72.6 Å². The molecule has 0 unspecified atom stereocenters. The normalized spacial score (nSPS) is 10.9. The Balaban J connectivity index is 1.51. The Hall–Kier alpha value is -3.06. The monoisotopic (exact) mass is 406 g/mol. The van der Waals surface area contributed by atoms with Gasteiger partial charge >= 0.3 is 0 Å². The molecule has 6 nitrogen and oxygen atoms in total. The lowest BCUT2D eigenvalue weighted by Crippen LogP contribution is -2.02. The minimum Gasteiger partial charge on any atom is -0.495 e. The van der Waals surface area contributed by atoms with Crippen molar-refractivity contribution in [3.63, 3.8) is 0 Å². The number of hydrogen-bond donors (Lipinski definition) is 0. The first-order valence-electron chi connectivity index (χ1n) is 9.52. The SMILES string of the molecule is COc1ccccc1-n1c(SCCCCc2ccccc2)nnc1-c1ncco1. The fourth-order valence-corrected chi connectivity index (χ4v) is 4.05. The number of benzene rings is 2. The summed E-state index contributed by atoms with van der Waals surface area (Å²) in [4.78, 5) is 4.24. The summed E-state index contributed by atoms with van der Waals surface area (Å²) in [5.74, 6) is 2.68. The second kappa shape index (κ2) is 9.43. The molecule has 4 aromatic rings. The summed E-state index contributed by atoms with van der Waals surface area (Å²) in [6.45, 7) is 0. The molecule has 0 amide bonds. The summed E-state index contributed by atoms with van der Waals surface area (Å²) in [5.41, 5.74) is 2.24. The Kier molecular flexibility index (Phi) is 6.26. The molecule has 2 aromatic carbocycles. The van der Waals surface area contributed by atoms with E-state index in [4.69, 9.17) is 9.15 Å². The highest BCUT2D eigenvalue weighted by molar-refractivity contribution is 7.99. The first-order chi connectivity index (χ1) is 14.4. The standard InChI is InChI=1S/C22H22N4O2S/c1-27-19-13-6-5-12-18(19)26-20(21-23-14-15-28-21)24-25-22(26)29-16-8-7-11-17-9-3-2-4-10-17/h2-6,9-10,12-15H,7-8,11,16H2,1H3. The topological polar surface area (TPSA) is 66.0 Å². The molecular weight excluding hydrogens is 384 g/mol. The van der Waals surface area contributed by atoms with E-state index in [1.807, 2.05) is 28.8 Å². The van der Waals surface area contributed by atoms with E-state index < -0.39 is 0 Å². The zero-order valence-corrected chi connectivity index (χ0v) is 17.0. The number of aryl methyl sites for hydroxylation is 1. The van der Waals surface area contributed by atoms with Gasteiger partial charge in [-0.1, -0.05) is 54.2 Å². The predicted molar refractivity (Wildman–Crippen MR) is 114 cm³/mol. The zero-order valence-electron chi connectivity index (χ0n) is 16.2. The highest BCUT2D eigenvalue weighted by Crippen LogP contribution is 2.32. The van der Waals surface area contributed by atoms with Crippen LogP contribution in [0.2, 0.25) is 0 Å². The maximum absolute atomic E-state index is 5.55. The van der Waals surface area contributed by atoms with Gasteiger partial charge in [-0.15, -0.1) is 10.2 Å². The molecule has 4 rings (SSSR count). The molecule has 0 radical (unpaired) electrons. The first kappa shape index (κ1) is 19.3. The van der Waals surface area contributed by atoms with Crippen molar-refractivity contribution in [3.8, 4) is 23.2 Å². The Morgan fingerprint density at radius 2 is 1.83 bits per heavy atom. The second-order valence-corrected chi connectivity index (χ2v) is 7.50. The predicted octanol–water partition coefficient (Wildman–Crippen LogP) is 5.05. The van der Waals surface area contributed by atoms with Crippen molar-refractivity contribution in [2.45, 2.75) is 24.4 Å². The number of rotatable bonds is 9. The minimum atomic E-state index is 0.430. The average Bonchev–Trinajstić information content (AvgIpc) is 3.44. The van der Waals surface area contributed by atoms with Crippen LogP contribution in [0.1, 0.15) is 18.4 Å². The van der Waals surface area contributed by atoms with Crippen LogP contribution in [0.5, 0.6) is 5.75 Å². The smallest absolute Gasteiger partial charge is 0.265 e. The summed E-state index contributed by atoms with van der Waals surface area (Å²) >= 11 is 1.68. The molecule has 0 atom stereocenters. The van der Waals surface area contributed by atoms with Crippen molar-refractivity contribution in [1.82, 2.24) is 19.7 Å². The molecule has 2 heterocycles. The molecule has 0 saturated carbocycles. The van der Waals surface area contributed by atoms with Crippen molar-refractivity contribution in [2.75, 3.05) is 12.9 Å². The lowest BCUT2D eigenvalue weighted by Gasteiger charge is -2.12. The summed E-state index contributed by atoms with van der Waals surface area (Å²) in [6, 6.07) is 18.4. The van der Waals surface area contributed by atoms with Crippen LogP contribution in [0.25, 0.3) is 17.4 Å². The zero-order chi connectivity index (χ0) is 19.9. The summed E-state index contributed by atoms with van der Waals surface area (Å²) < 4.78 is 13.0. The fraction of sp³-hybridized carbons (Fsp3) is 0.227. The Bertz CT molecular complexity index is 1030. The number of unbranched alkanes of at least 4 members (excludes halogenated alkanes) is 1. The molecule has 0 bridgehead atoms. The number of ether oxygens (including phenoxy) is 1. The molecule has 0 aliphatic heterocycles. The van der Waals surface area contributed by atoms with Crippen LogP contribution in [0.4, 0.5) is 0 Å². The van der Waals surface area contributed by atoms with Crippen molar-refractivity contribution < 1.29 is 9.15 Å². The number of thioether (sulfide) groups is 1. The van der Waals surface area contributed by atoms with E-state index >= 15 is 0 Å². The lowest BCUT2D eigenvalue weighted by molar-refractivity contribution is 0.412. The summed E-state index contributed by atoms with van der Waals surface area (Å²) in [6.07, 6.45) is 6.45. The molecule has 0 aliphatic rings. The quantitative estimate of drug-likeness (QED) is 0.286. The molecular formula is C22H22N4O2S. The number of hydrogen-bond acceptors (Lipinski definition) is 6.